The summed E-state index contributed by atoms with van der Waals surface area (Å²) >= 11 is 3.43. The van der Waals surface area contributed by atoms with Gasteiger partial charge in [-0.25, -0.2) is 4.98 Å². The zero-order valence-corrected chi connectivity index (χ0v) is 11.6. The Bertz CT molecular complexity index is 524. The first-order chi connectivity index (χ1) is 8.19. The first-order valence-electron chi connectivity index (χ1n) is 5.67. The largest absolute Gasteiger partial charge is 0.310 e. The predicted octanol–water partition coefficient (Wildman–Crippen LogP) is 4.14. The van der Waals surface area contributed by atoms with Crippen LogP contribution < -0.4 is 0 Å². The number of aromatic nitrogens is 2. The van der Waals surface area contributed by atoms with Crippen molar-refractivity contribution < 1.29 is 0 Å². The molecule has 2 nitrogen and oxygen atoms in total. The van der Waals surface area contributed by atoms with Crippen LogP contribution >= 0.6 is 15.9 Å². The van der Waals surface area contributed by atoms with Gasteiger partial charge in [-0.3, -0.25) is 0 Å². The van der Waals surface area contributed by atoms with Gasteiger partial charge in [-0.1, -0.05) is 35.0 Å². The number of rotatable bonds is 3. The maximum atomic E-state index is 4.46. The molecule has 0 saturated carbocycles. The molecule has 1 aromatic heterocycles. The fraction of sp³-hybridized carbons (Fsp3) is 0.214. The molecule has 0 aliphatic carbocycles. The minimum atomic E-state index is 0.943. The van der Waals surface area contributed by atoms with E-state index in [1.165, 1.54) is 5.56 Å². The molecular weight excluding hydrogens is 276 g/mol. The summed E-state index contributed by atoms with van der Waals surface area (Å²) in [6.07, 6.45) is 7.14. The van der Waals surface area contributed by atoms with Crippen LogP contribution in [0.25, 0.3) is 12.3 Å². The number of aryl methyl sites for hydroxylation is 2. The summed E-state index contributed by atoms with van der Waals surface area (Å²) < 4.78 is 3.18. The highest BCUT2D eigenvalue weighted by Gasteiger charge is 1.99. The molecule has 2 rings (SSSR count). The molecule has 0 unspecified atom stereocenters. The monoisotopic (exact) mass is 290 g/mol. The molecule has 1 aromatic carbocycles. The lowest BCUT2D eigenvalue weighted by Gasteiger charge is -1.99. The van der Waals surface area contributed by atoms with Gasteiger partial charge in [-0.2, -0.15) is 0 Å². The van der Waals surface area contributed by atoms with Crippen molar-refractivity contribution in [2.75, 3.05) is 0 Å². The molecule has 3 heteroatoms. The van der Waals surface area contributed by atoms with Crippen LogP contribution in [0.4, 0.5) is 0 Å². The predicted molar refractivity (Wildman–Crippen MR) is 75.7 cm³/mol. The average Bonchev–Trinajstić information content (AvgIpc) is 2.69. The number of hydrogen-bond acceptors (Lipinski definition) is 1. The second kappa shape index (κ2) is 5.32. The normalized spacial score (nSPS) is 11.2. The number of halogens is 1. The summed E-state index contributed by atoms with van der Waals surface area (Å²) in [7, 11) is 0. The van der Waals surface area contributed by atoms with Crippen LogP contribution in [0.2, 0.25) is 0 Å². The molecule has 0 N–H and O–H groups in total. The van der Waals surface area contributed by atoms with Crippen LogP contribution in [-0.4, -0.2) is 9.55 Å². The zero-order chi connectivity index (χ0) is 12.3. The van der Waals surface area contributed by atoms with E-state index in [1.807, 2.05) is 25.3 Å². The van der Waals surface area contributed by atoms with E-state index in [-0.39, 0.29) is 0 Å². The van der Waals surface area contributed by atoms with E-state index < -0.39 is 0 Å². The molecule has 0 atom stereocenters. The van der Waals surface area contributed by atoms with Crippen molar-refractivity contribution in [1.29, 1.82) is 0 Å². The summed E-state index contributed by atoms with van der Waals surface area (Å²) in [5, 5.41) is 0. The molecule has 0 aliphatic heterocycles. The van der Waals surface area contributed by atoms with Gasteiger partial charge in [0, 0.05) is 23.3 Å². The summed E-state index contributed by atoms with van der Waals surface area (Å²) in [5.41, 5.74) is 2.24. The summed E-state index contributed by atoms with van der Waals surface area (Å²) in [4.78, 5) is 4.46. The molecule has 1 heterocycles. The average molecular weight is 291 g/mol. The Morgan fingerprint density at radius 3 is 2.65 bits per heavy atom. The van der Waals surface area contributed by atoms with Gasteiger partial charge in [-0.05, 0) is 30.7 Å². The second-order valence-corrected chi connectivity index (χ2v) is 4.84. The second-order valence-electron chi connectivity index (χ2n) is 3.93. The maximum absolute atomic E-state index is 4.46. The van der Waals surface area contributed by atoms with Gasteiger partial charge in [-0.15, -0.1) is 0 Å². The number of hydrogen-bond donors (Lipinski definition) is 0. The maximum Gasteiger partial charge on any atom is 0.112 e. The third-order valence-electron chi connectivity index (χ3n) is 2.54. The molecule has 0 bridgehead atoms. The Balaban J connectivity index is 2.22. The van der Waals surface area contributed by atoms with Crippen molar-refractivity contribution in [3.8, 4) is 0 Å². The number of nitrogens with zero attached hydrogens (tertiary/aromatic N) is 2. The van der Waals surface area contributed by atoms with Crippen molar-refractivity contribution in [2.24, 2.45) is 0 Å². The Kier molecular flexibility index (Phi) is 3.79. The first kappa shape index (κ1) is 12.1. The molecule has 88 valence electrons. The van der Waals surface area contributed by atoms with Crippen molar-refractivity contribution in [1.82, 2.24) is 9.55 Å². The van der Waals surface area contributed by atoms with Crippen LogP contribution in [0.15, 0.2) is 34.9 Å². The fourth-order valence-corrected chi connectivity index (χ4v) is 1.96. The highest BCUT2D eigenvalue weighted by Crippen LogP contribution is 2.12. The third-order valence-corrected chi connectivity index (χ3v) is 3.07. The highest BCUT2D eigenvalue weighted by molar-refractivity contribution is 9.10. The van der Waals surface area contributed by atoms with E-state index in [0.29, 0.717) is 0 Å². The van der Waals surface area contributed by atoms with E-state index in [4.69, 9.17) is 0 Å². The lowest BCUT2D eigenvalue weighted by molar-refractivity contribution is 0.922. The smallest absolute Gasteiger partial charge is 0.112 e. The standard InChI is InChI=1S/C14H15BrN2/c1-3-14-16-11(2)10-17(14)9-8-12-4-6-13(15)7-5-12/h4-10H,3H2,1-2H3/b9-8-. The van der Waals surface area contributed by atoms with E-state index in [0.717, 1.165) is 22.4 Å². The molecule has 0 saturated heterocycles. The molecule has 0 aliphatic rings. The highest BCUT2D eigenvalue weighted by atomic mass is 79.9. The van der Waals surface area contributed by atoms with E-state index in [1.54, 1.807) is 0 Å². The zero-order valence-electron chi connectivity index (χ0n) is 10.0. The molecule has 0 amide bonds. The van der Waals surface area contributed by atoms with Gasteiger partial charge in [0.25, 0.3) is 0 Å². The molecule has 0 fully saturated rings. The Morgan fingerprint density at radius 2 is 2.00 bits per heavy atom. The minimum absolute atomic E-state index is 0.943. The Hall–Kier alpha value is -1.35. The summed E-state index contributed by atoms with van der Waals surface area (Å²) in [6.45, 7) is 4.13. The molecular formula is C14H15BrN2. The van der Waals surface area contributed by atoms with Gasteiger partial charge >= 0.3 is 0 Å². The number of imidazole rings is 1. The van der Waals surface area contributed by atoms with Crippen LogP contribution in [0, 0.1) is 6.92 Å². The fourth-order valence-electron chi connectivity index (χ4n) is 1.70. The number of benzene rings is 1. The van der Waals surface area contributed by atoms with Crippen LogP contribution in [0.1, 0.15) is 24.0 Å². The van der Waals surface area contributed by atoms with Crippen molar-refractivity contribution in [2.45, 2.75) is 20.3 Å². The van der Waals surface area contributed by atoms with Gasteiger partial charge in [0.15, 0.2) is 0 Å². The van der Waals surface area contributed by atoms with Gasteiger partial charge in [0.1, 0.15) is 5.82 Å². The SMILES string of the molecule is CCc1nc(C)cn1/C=C\c1ccc(Br)cc1. The molecule has 0 spiro atoms. The topological polar surface area (TPSA) is 17.8 Å². The molecule has 0 radical (unpaired) electrons. The van der Waals surface area contributed by atoms with Crippen LogP contribution in [-0.2, 0) is 6.42 Å². The van der Waals surface area contributed by atoms with Gasteiger partial charge in [0.2, 0.25) is 0 Å². The van der Waals surface area contributed by atoms with Crippen LogP contribution in [0.5, 0.6) is 0 Å². The third kappa shape index (κ3) is 3.07. The summed E-state index contributed by atoms with van der Waals surface area (Å²) in [5.74, 6) is 1.09. The van der Waals surface area contributed by atoms with Crippen molar-refractivity contribution in [3.05, 3.63) is 52.0 Å². The van der Waals surface area contributed by atoms with Gasteiger partial charge in [0.05, 0.1) is 5.69 Å². The molecule has 17 heavy (non-hydrogen) atoms. The van der Waals surface area contributed by atoms with Crippen molar-refractivity contribution >= 4 is 28.2 Å². The lowest BCUT2D eigenvalue weighted by Crippen LogP contribution is -1.92. The Morgan fingerprint density at radius 1 is 1.29 bits per heavy atom. The first-order valence-corrected chi connectivity index (χ1v) is 6.46. The Labute approximate surface area is 110 Å². The minimum Gasteiger partial charge on any atom is -0.310 e. The quantitative estimate of drug-likeness (QED) is 0.831. The van der Waals surface area contributed by atoms with Crippen LogP contribution in [0.3, 0.4) is 0 Å². The van der Waals surface area contributed by atoms with E-state index in [9.17, 15) is 0 Å². The lowest BCUT2D eigenvalue weighted by atomic mass is 10.2. The van der Waals surface area contributed by atoms with Gasteiger partial charge < -0.3 is 4.57 Å². The summed E-state index contributed by atoms with van der Waals surface area (Å²) in [6, 6.07) is 8.24. The van der Waals surface area contributed by atoms with Crippen molar-refractivity contribution in [3.63, 3.8) is 0 Å². The van der Waals surface area contributed by atoms with E-state index >= 15 is 0 Å². The van der Waals surface area contributed by atoms with E-state index in [2.05, 4.69) is 56.8 Å². The molecule has 2 aromatic rings.